The lowest BCUT2D eigenvalue weighted by Gasteiger charge is -2.39. The van der Waals surface area contributed by atoms with Crippen molar-refractivity contribution in [1.82, 2.24) is 24.8 Å². The average Bonchev–Trinajstić information content (AvgIpc) is 3.12. The molecule has 7 nitrogen and oxygen atoms in total. The van der Waals surface area contributed by atoms with Gasteiger partial charge in [-0.3, -0.25) is 9.78 Å². The van der Waals surface area contributed by atoms with E-state index >= 15 is 0 Å². The normalized spacial score (nSPS) is 19.1. The predicted octanol–water partition coefficient (Wildman–Crippen LogP) is 1.96. The third-order valence-electron chi connectivity index (χ3n) is 5.71. The summed E-state index contributed by atoms with van der Waals surface area (Å²) in [5, 5.41) is 0. The van der Waals surface area contributed by atoms with Gasteiger partial charge in [-0.2, -0.15) is 0 Å². The molecule has 0 N–H and O–H groups in total. The number of hydrogen-bond donors (Lipinski definition) is 0. The van der Waals surface area contributed by atoms with Gasteiger partial charge >= 0.3 is 0 Å². The van der Waals surface area contributed by atoms with E-state index in [0.717, 1.165) is 57.8 Å². The fourth-order valence-corrected chi connectivity index (χ4v) is 3.96. The van der Waals surface area contributed by atoms with Crippen LogP contribution in [-0.4, -0.2) is 56.9 Å². The number of rotatable bonds is 3. The predicted molar refractivity (Wildman–Crippen MR) is 97.8 cm³/mol. The van der Waals surface area contributed by atoms with E-state index in [1.165, 1.54) is 5.56 Å². The van der Waals surface area contributed by atoms with Crippen LogP contribution in [0.5, 0.6) is 0 Å². The quantitative estimate of drug-likeness (QED) is 0.841. The molecule has 4 rings (SSSR count). The second-order valence-corrected chi connectivity index (χ2v) is 7.30. The molecule has 0 saturated carbocycles. The van der Waals surface area contributed by atoms with Gasteiger partial charge in [-0.25, -0.2) is 15.0 Å². The van der Waals surface area contributed by atoms with Gasteiger partial charge in [0.05, 0.1) is 6.20 Å². The molecule has 0 unspecified atom stereocenters. The molecule has 2 aromatic heterocycles. The van der Waals surface area contributed by atoms with Gasteiger partial charge < -0.3 is 9.80 Å². The molecule has 4 heterocycles. The minimum Gasteiger partial charge on any atom is -0.340 e. The summed E-state index contributed by atoms with van der Waals surface area (Å²) in [5.41, 5.74) is 1.87. The number of amides is 1. The highest BCUT2D eigenvalue weighted by Crippen LogP contribution is 2.41. The summed E-state index contributed by atoms with van der Waals surface area (Å²) >= 11 is 0. The van der Waals surface area contributed by atoms with Crippen molar-refractivity contribution in [1.29, 1.82) is 0 Å². The van der Waals surface area contributed by atoms with Gasteiger partial charge in [0.2, 0.25) is 5.95 Å². The highest BCUT2D eigenvalue weighted by atomic mass is 16.2. The Morgan fingerprint density at radius 1 is 1.04 bits per heavy atom. The SMILES string of the molecule is CCc1cnc(N2CCC3(CCN(C(=O)c4cnccn4)CC3)C2)nc1. The van der Waals surface area contributed by atoms with Crippen LogP contribution in [0.25, 0.3) is 0 Å². The van der Waals surface area contributed by atoms with E-state index in [9.17, 15) is 4.79 Å². The van der Waals surface area contributed by atoms with Crippen LogP contribution in [-0.2, 0) is 6.42 Å². The zero-order valence-electron chi connectivity index (χ0n) is 15.1. The summed E-state index contributed by atoms with van der Waals surface area (Å²) in [6, 6.07) is 0. The number of carbonyl (C=O) groups is 1. The standard InChI is InChI=1S/C19H24N6O/c1-2-15-11-22-18(23-12-15)25-10-5-19(14-25)3-8-24(9-4-19)17(26)16-13-20-6-7-21-16/h6-7,11-13H,2-5,8-10,14H2,1H3. The number of likely N-dealkylation sites (tertiary alicyclic amines) is 1. The Morgan fingerprint density at radius 3 is 2.42 bits per heavy atom. The van der Waals surface area contributed by atoms with Crippen LogP contribution in [0.2, 0.25) is 0 Å². The first-order chi connectivity index (χ1) is 12.7. The largest absolute Gasteiger partial charge is 0.340 e. The molecule has 2 aromatic rings. The molecule has 26 heavy (non-hydrogen) atoms. The molecule has 0 aliphatic carbocycles. The molecule has 1 amide bonds. The van der Waals surface area contributed by atoms with Crippen LogP contribution in [0.15, 0.2) is 31.0 Å². The number of hydrogen-bond acceptors (Lipinski definition) is 6. The van der Waals surface area contributed by atoms with E-state index in [1.807, 2.05) is 17.3 Å². The summed E-state index contributed by atoms with van der Waals surface area (Å²) in [5.74, 6) is 0.818. The summed E-state index contributed by atoms with van der Waals surface area (Å²) < 4.78 is 0. The lowest BCUT2D eigenvalue weighted by Crippen LogP contribution is -2.44. The second-order valence-electron chi connectivity index (χ2n) is 7.30. The van der Waals surface area contributed by atoms with Crippen molar-refractivity contribution in [3.63, 3.8) is 0 Å². The number of aryl methyl sites for hydroxylation is 1. The summed E-state index contributed by atoms with van der Waals surface area (Å²) in [4.78, 5) is 33.9. The maximum Gasteiger partial charge on any atom is 0.274 e. The van der Waals surface area contributed by atoms with Gasteiger partial charge in [-0.05, 0) is 36.7 Å². The molecule has 2 fully saturated rings. The van der Waals surface area contributed by atoms with Crippen LogP contribution < -0.4 is 4.90 Å². The molecule has 136 valence electrons. The van der Waals surface area contributed by atoms with Crippen molar-refractivity contribution in [2.24, 2.45) is 5.41 Å². The molecule has 7 heteroatoms. The van der Waals surface area contributed by atoms with Gasteiger partial charge in [0.25, 0.3) is 5.91 Å². The first kappa shape index (κ1) is 16.9. The maximum absolute atomic E-state index is 12.5. The number of nitrogens with zero attached hydrogens (tertiary/aromatic N) is 6. The Hall–Kier alpha value is -2.57. The van der Waals surface area contributed by atoms with E-state index in [4.69, 9.17) is 0 Å². The smallest absolute Gasteiger partial charge is 0.274 e. The Morgan fingerprint density at radius 2 is 1.77 bits per heavy atom. The van der Waals surface area contributed by atoms with Crippen LogP contribution >= 0.6 is 0 Å². The minimum absolute atomic E-state index is 0.0127. The number of piperidine rings is 1. The zero-order chi connectivity index (χ0) is 18.0. The molecular formula is C19H24N6O. The first-order valence-corrected chi connectivity index (χ1v) is 9.30. The van der Waals surface area contributed by atoms with Gasteiger partial charge in [0.15, 0.2) is 0 Å². The molecule has 2 aliphatic rings. The Balaban J connectivity index is 1.37. The lowest BCUT2D eigenvalue weighted by atomic mass is 9.77. The number of aromatic nitrogens is 4. The van der Waals surface area contributed by atoms with Crippen molar-refractivity contribution in [2.45, 2.75) is 32.6 Å². The van der Waals surface area contributed by atoms with Gasteiger partial charge in [-0.15, -0.1) is 0 Å². The van der Waals surface area contributed by atoms with Crippen molar-refractivity contribution < 1.29 is 4.79 Å². The highest BCUT2D eigenvalue weighted by molar-refractivity contribution is 5.92. The van der Waals surface area contributed by atoms with E-state index in [1.54, 1.807) is 18.6 Å². The maximum atomic E-state index is 12.5. The van der Waals surface area contributed by atoms with E-state index in [0.29, 0.717) is 5.69 Å². The summed E-state index contributed by atoms with van der Waals surface area (Å²) in [6.07, 6.45) is 12.7. The first-order valence-electron chi connectivity index (χ1n) is 9.30. The second kappa shape index (κ2) is 6.97. The van der Waals surface area contributed by atoms with Crippen LogP contribution in [0.3, 0.4) is 0 Å². The molecular weight excluding hydrogens is 328 g/mol. The van der Waals surface area contributed by atoms with Gasteiger partial charge in [0.1, 0.15) is 5.69 Å². The monoisotopic (exact) mass is 352 g/mol. The third kappa shape index (κ3) is 3.25. The number of carbonyl (C=O) groups excluding carboxylic acids is 1. The van der Waals surface area contributed by atoms with Crippen LogP contribution in [0.1, 0.15) is 42.2 Å². The Bertz CT molecular complexity index is 755. The van der Waals surface area contributed by atoms with Crippen molar-refractivity contribution in [3.8, 4) is 0 Å². The van der Waals surface area contributed by atoms with Crippen LogP contribution in [0.4, 0.5) is 5.95 Å². The van der Waals surface area contributed by atoms with Gasteiger partial charge in [0, 0.05) is 51.0 Å². The molecule has 0 atom stereocenters. The lowest BCUT2D eigenvalue weighted by molar-refractivity contribution is 0.0604. The Labute approximate surface area is 153 Å². The Kier molecular flexibility index (Phi) is 4.53. The van der Waals surface area contributed by atoms with Crippen molar-refractivity contribution in [2.75, 3.05) is 31.1 Å². The topological polar surface area (TPSA) is 75.1 Å². The fraction of sp³-hybridized carbons (Fsp3) is 0.526. The van der Waals surface area contributed by atoms with Crippen molar-refractivity contribution >= 4 is 11.9 Å². The molecule has 1 spiro atoms. The van der Waals surface area contributed by atoms with Gasteiger partial charge in [-0.1, -0.05) is 6.92 Å². The molecule has 0 radical (unpaired) electrons. The summed E-state index contributed by atoms with van der Waals surface area (Å²) in [7, 11) is 0. The summed E-state index contributed by atoms with van der Waals surface area (Å²) in [6.45, 7) is 5.63. The fourth-order valence-electron chi connectivity index (χ4n) is 3.96. The zero-order valence-corrected chi connectivity index (χ0v) is 15.1. The molecule has 0 bridgehead atoms. The minimum atomic E-state index is -0.0127. The van der Waals surface area contributed by atoms with E-state index < -0.39 is 0 Å². The average molecular weight is 352 g/mol. The van der Waals surface area contributed by atoms with Crippen molar-refractivity contribution in [3.05, 3.63) is 42.2 Å². The third-order valence-corrected chi connectivity index (χ3v) is 5.71. The molecule has 2 saturated heterocycles. The van der Waals surface area contributed by atoms with E-state index in [-0.39, 0.29) is 11.3 Å². The highest BCUT2D eigenvalue weighted by Gasteiger charge is 2.42. The molecule has 0 aromatic carbocycles. The molecule has 2 aliphatic heterocycles. The number of anilines is 1. The van der Waals surface area contributed by atoms with E-state index in [2.05, 4.69) is 31.8 Å². The van der Waals surface area contributed by atoms with Crippen LogP contribution in [0, 0.1) is 5.41 Å².